The standard InChI is InChI=1S/C17H20FNO/c18-15-9-4-8-14(12-15)16-10-5-11-19(16)17(20)13-6-2-1-3-7-13/h1-2,4,8-9,12-13,16H,3,5-7,10-11H2. The summed E-state index contributed by atoms with van der Waals surface area (Å²) in [4.78, 5) is 14.6. The van der Waals surface area contributed by atoms with Crippen LogP contribution in [0.5, 0.6) is 0 Å². The summed E-state index contributed by atoms with van der Waals surface area (Å²) in [5, 5.41) is 0. The lowest BCUT2D eigenvalue weighted by molar-refractivity contribution is -0.136. The number of allylic oxidation sites excluding steroid dienone is 2. The first kappa shape index (κ1) is 13.3. The summed E-state index contributed by atoms with van der Waals surface area (Å²) in [5.41, 5.74) is 0.933. The third kappa shape index (κ3) is 2.62. The summed E-state index contributed by atoms with van der Waals surface area (Å²) in [6.45, 7) is 0.806. The Hall–Kier alpha value is -1.64. The Bertz CT molecular complexity index is 525. The Morgan fingerprint density at radius 3 is 2.90 bits per heavy atom. The average molecular weight is 273 g/mol. The third-order valence-electron chi connectivity index (χ3n) is 4.39. The molecule has 3 rings (SSSR count). The Morgan fingerprint density at radius 1 is 1.25 bits per heavy atom. The maximum absolute atomic E-state index is 13.4. The SMILES string of the molecule is O=C(C1CC=CCC1)N1CCCC1c1cccc(F)c1. The van der Waals surface area contributed by atoms with E-state index in [9.17, 15) is 9.18 Å². The lowest BCUT2D eigenvalue weighted by Crippen LogP contribution is -2.36. The molecule has 20 heavy (non-hydrogen) atoms. The van der Waals surface area contributed by atoms with E-state index in [2.05, 4.69) is 12.2 Å². The number of hydrogen-bond donors (Lipinski definition) is 0. The molecule has 2 aliphatic rings. The van der Waals surface area contributed by atoms with E-state index in [-0.39, 0.29) is 23.7 Å². The number of likely N-dealkylation sites (tertiary alicyclic amines) is 1. The molecule has 1 heterocycles. The van der Waals surface area contributed by atoms with Crippen LogP contribution in [0, 0.1) is 11.7 Å². The molecule has 3 heteroatoms. The van der Waals surface area contributed by atoms with Crippen LogP contribution in [-0.2, 0) is 4.79 Å². The first-order valence-corrected chi connectivity index (χ1v) is 7.46. The molecule has 0 aromatic heterocycles. The van der Waals surface area contributed by atoms with Gasteiger partial charge in [0, 0.05) is 12.5 Å². The maximum atomic E-state index is 13.4. The van der Waals surface area contributed by atoms with Crippen molar-refractivity contribution in [2.75, 3.05) is 6.54 Å². The monoisotopic (exact) mass is 273 g/mol. The van der Waals surface area contributed by atoms with Gasteiger partial charge in [0.15, 0.2) is 0 Å². The largest absolute Gasteiger partial charge is 0.335 e. The van der Waals surface area contributed by atoms with E-state index in [1.54, 1.807) is 12.1 Å². The van der Waals surface area contributed by atoms with Crippen molar-refractivity contribution >= 4 is 5.91 Å². The summed E-state index contributed by atoms with van der Waals surface area (Å²) < 4.78 is 13.4. The third-order valence-corrected chi connectivity index (χ3v) is 4.39. The molecule has 1 amide bonds. The molecule has 0 bridgehead atoms. The number of carbonyl (C=O) groups is 1. The molecular weight excluding hydrogens is 253 g/mol. The molecule has 2 atom stereocenters. The maximum Gasteiger partial charge on any atom is 0.226 e. The van der Waals surface area contributed by atoms with Crippen molar-refractivity contribution in [2.24, 2.45) is 5.92 Å². The fraction of sp³-hybridized carbons (Fsp3) is 0.471. The van der Waals surface area contributed by atoms with Gasteiger partial charge in [0.2, 0.25) is 5.91 Å². The summed E-state index contributed by atoms with van der Waals surface area (Å²) in [7, 11) is 0. The summed E-state index contributed by atoms with van der Waals surface area (Å²) in [6, 6.07) is 6.74. The first-order valence-electron chi connectivity index (χ1n) is 7.46. The Balaban J connectivity index is 1.78. The van der Waals surface area contributed by atoms with Gasteiger partial charge in [-0.2, -0.15) is 0 Å². The number of rotatable bonds is 2. The minimum atomic E-state index is -0.220. The van der Waals surface area contributed by atoms with Crippen molar-refractivity contribution in [2.45, 2.75) is 38.1 Å². The van der Waals surface area contributed by atoms with Crippen molar-refractivity contribution in [3.8, 4) is 0 Å². The molecule has 1 aromatic rings. The van der Waals surface area contributed by atoms with E-state index < -0.39 is 0 Å². The van der Waals surface area contributed by atoms with Crippen LogP contribution in [0.4, 0.5) is 4.39 Å². The van der Waals surface area contributed by atoms with Crippen molar-refractivity contribution in [1.29, 1.82) is 0 Å². The minimum Gasteiger partial charge on any atom is -0.335 e. The van der Waals surface area contributed by atoms with E-state index in [0.717, 1.165) is 44.2 Å². The van der Waals surface area contributed by atoms with Gasteiger partial charge in [0.1, 0.15) is 5.82 Å². The van der Waals surface area contributed by atoms with Crippen molar-refractivity contribution in [3.05, 3.63) is 47.8 Å². The zero-order chi connectivity index (χ0) is 13.9. The zero-order valence-electron chi connectivity index (χ0n) is 11.6. The second kappa shape index (κ2) is 5.78. The number of benzene rings is 1. The van der Waals surface area contributed by atoms with Crippen LogP contribution in [0.1, 0.15) is 43.7 Å². The normalized spacial score (nSPS) is 25.9. The van der Waals surface area contributed by atoms with Gasteiger partial charge < -0.3 is 4.90 Å². The predicted octanol–water partition coefficient (Wildman–Crippen LogP) is 3.85. The summed E-state index contributed by atoms with van der Waals surface area (Å²) >= 11 is 0. The quantitative estimate of drug-likeness (QED) is 0.750. The van der Waals surface area contributed by atoms with Gasteiger partial charge in [-0.25, -0.2) is 4.39 Å². The predicted molar refractivity (Wildman–Crippen MR) is 76.6 cm³/mol. The summed E-state index contributed by atoms with van der Waals surface area (Å²) in [6.07, 6.45) is 9.01. The van der Waals surface area contributed by atoms with Gasteiger partial charge in [0.25, 0.3) is 0 Å². The van der Waals surface area contributed by atoms with Gasteiger partial charge in [-0.15, -0.1) is 0 Å². The highest BCUT2D eigenvalue weighted by Crippen LogP contribution is 2.35. The van der Waals surface area contributed by atoms with Crippen LogP contribution in [0.3, 0.4) is 0 Å². The molecule has 0 N–H and O–H groups in total. The van der Waals surface area contributed by atoms with Gasteiger partial charge in [0.05, 0.1) is 6.04 Å². The van der Waals surface area contributed by atoms with Crippen LogP contribution in [0.15, 0.2) is 36.4 Å². The highest BCUT2D eigenvalue weighted by Gasteiger charge is 2.33. The van der Waals surface area contributed by atoms with E-state index in [1.807, 2.05) is 11.0 Å². The molecule has 0 spiro atoms. The minimum absolute atomic E-state index is 0.0594. The lowest BCUT2D eigenvalue weighted by Gasteiger charge is -2.29. The van der Waals surface area contributed by atoms with Crippen molar-refractivity contribution < 1.29 is 9.18 Å². The van der Waals surface area contributed by atoms with Gasteiger partial charge in [-0.05, 0) is 49.8 Å². The number of halogens is 1. The molecule has 1 aliphatic heterocycles. The number of amides is 1. The highest BCUT2D eigenvalue weighted by molar-refractivity contribution is 5.80. The topological polar surface area (TPSA) is 20.3 Å². The van der Waals surface area contributed by atoms with Crippen LogP contribution in [-0.4, -0.2) is 17.4 Å². The number of hydrogen-bond acceptors (Lipinski definition) is 1. The second-order valence-electron chi connectivity index (χ2n) is 5.73. The molecule has 2 unspecified atom stereocenters. The lowest BCUT2D eigenvalue weighted by atomic mass is 9.92. The fourth-order valence-electron chi connectivity index (χ4n) is 3.34. The van der Waals surface area contributed by atoms with E-state index in [0.29, 0.717) is 0 Å². The molecule has 2 nitrogen and oxygen atoms in total. The second-order valence-corrected chi connectivity index (χ2v) is 5.73. The number of carbonyl (C=O) groups excluding carboxylic acids is 1. The Kier molecular flexibility index (Phi) is 3.86. The van der Waals surface area contributed by atoms with Crippen LogP contribution < -0.4 is 0 Å². The van der Waals surface area contributed by atoms with Gasteiger partial charge in [-0.3, -0.25) is 4.79 Å². The van der Waals surface area contributed by atoms with Crippen molar-refractivity contribution in [3.63, 3.8) is 0 Å². The molecule has 0 saturated carbocycles. The van der Waals surface area contributed by atoms with Gasteiger partial charge >= 0.3 is 0 Å². The zero-order valence-corrected chi connectivity index (χ0v) is 11.6. The van der Waals surface area contributed by atoms with Crippen molar-refractivity contribution in [1.82, 2.24) is 4.90 Å². The Labute approximate surface area is 119 Å². The summed E-state index contributed by atoms with van der Waals surface area (Å²) in [5.74, 6) is 0.151. The molecule has 1 saturated heterocycles. The molecule has 1 aliphatic carbocycles. The van der Waals surface area contributed by atoms with Crippen LogP contribution >= 0.6 is 0 Å². The number of nitrogens with zero attached hydrogens (tertiary/aromatic N) is 1. The fourth-order valence-corrected chi connectivity index (χ4v) is 3.34. The molecule has 1 fully saturated rings. The molecule has 0 radical (unpaired) electrons. The van der Waals surface area contributed by atoms with Crippen LogP contribution in [0.25, 0.3) is 0 Å². The van der Waals surface area contributed by atoms with Crippen LogP contribution in [0.2, 0.25) is 0 Å². The molecule has 1 aromatic carbocycles. The smallest absolute Gasteiger partial charge is 0.226 e. The molecular formula is C17H20FNO. The average Bonchev–Trinajstić information content (AvgIpc) is 2.97. The molecule has 106 valence electrons. The van der Waals surface area contributed by atoms with E-state index in [1.165, 1.54) is 6.07 Å². The first-order chi connectivity index (χ1) is 9.75. The van der Waals surface area contributed by atoms with E-state index in [4.69, 9.17) is 0 Å². The Morgan fingerprint density at radius 2 is 2.15 bits per heavy atom. The van der Waals surface area contributed by atoms with Gasteiger partial charge in [-0.1, -0.05) is 24.3 Å². The highest BCUT2D eigenvalue weighted by atomic mass is 19.1. The van der Waals surface area contributed by atoms with E-state index >= 15 is 0 Å².